The Hall–Kier alpha value is -2.39. The van der Waals surface area contributed by atoms with E-state index in [9.17, 15) is 14.4 Å². The molecule has 118 valence electrons. The Bertz CT molecular complexity index is 805. The molecule has 23 heavy (non-hydrogen) atoms. The van der Waals surface area contributed by atoms with Crippen LogP contribution in [0, 0.1) is 0 Å². The summed E-state index contributed by atoms with van der Waals surface area (Å²) in [4.78, 5) is 35.6. The summed E-state index contributed by atoms with van der Waals surface area (Å²) >= 11 is 4.52. The van der Waals surface area contributed by atoms with Crippen LogP contribution in [0.4, 0.5) is 5.69 Å². The SMILES string of the molecule is O=C1COc2cc(C(=O)NNC(=O)c3ccc(Br)s3)ccc2N1. The average Bonchev–Trinajstić information content (AvgIpc) is 2.98. The highest BCUT2D eigenvalue weighted by atomic mass is 79.9. The van der Waals surface area contributed by atoms with Crippen LogP contribution in [0.25, 0.3) is 0 Å². The van der Waals surface area contributed by atoms with Crippen molar-refractivity contribution in [3.8, 4) is 5.75 Å². The summed E-state index contributed by atoms with van der Waals surface area (Å²) in [5, 5.41) is 2.63. The topological polar surface area (TPSA) is 96.5 Å². The van der Waals surface area contributed by atoms with Gasteiger partial charge in [0.15, 0.2) is 6.61 Å². The predicted molar refractivity (Wildman–Crippen MR) is 87.5 cm³/mol. The molecular formula is C14H10BrN3O4S. The molecule has 0 spiro atoms. The zero-order valence-electron chi connectivity index (χ0n) is 11.5. The minimum atomic E-state index is -0.489. The summed E-state index contributed by atoms with van der Waals surface area (Å²) in [7, 11) is 0. The zero-order valence-corrected chi connectivity index (χ0v) is 13.9. The normalized spacial score (nSPS) is 12.7. The third-order valence-corrected chi connectivity index (χ3v) is 4.59. The number of thiophene rings is 1. The van der Waals surface area contributed by atoms with E-state index in [1.54, 1.807) is 18.2 Å². The van der Waals surface area contributed by atoms with Crippen molar-refractivity contribution >= 4 is 50.7 Å². The van der Waals surface area contributed by atoms with Crippen molar-refractivity contribution in [1.29, 1.82) is 0 Å². The first-order valence-corrected chi connectivity index (χ1v) is 8.06. The van der Waals surface area contributed by atoms with Crippen molar-refractivity contribution in [3.63, 3.8) is 0 Å². The van der Waals surface area contributed by atoms with Gasteiger partial charge in [0, 0.05) is 5.56 Å². The first-order valence-electron chi connectivity index (χ1n) is 6.45. The second-order valence-corrected chi connectivity index (χ2v) is 7.02. The number of carbonyl (C=O) groups is 3. The van der Waals surface area contributed by atoms with Crippen LogP contribution >= 0.6 is 27.3 Å². The van der Waals surface area contributed by atoms with Gasteiger partial charge in [-0.3, -0.25) is 25.2 Å². The van der Waals surface area contributed by atoms with Crippen molar-refractivity contribution < 1.29 is 19.1 Å². The Morgan fingerprint density at radius 2 is 1.96 bits per heavy atom. The van der Waals surface area contributed by atoms with E-state index in [2.05, 4.69) is 32.1 Å². The van der Waals surface area contributed by atoms with Gasteiger partial charge in [0.05, 0.1) is 14.4 Å². The highest BCUT2D eigenvalue weighted by Gasteiger charge is 2.18. The molecule has 0 radical (unpaired) electrons. The molecule has 7 nitrogen and oxygen atoms in total. The maximum absolute atomic E-state index is 12.1. The van der Waals surface area contributed by atoms with Gasteiger partial charge in [0.1, 0.15) is 5.75 Å². The highest BCUT2D eigenvalue weighted by Crippen LogP contribution is 2.28. The number of halogens is 1. The lowest BCUT2D eigenvalue weighted by molar-refractivity contribution is -0.118. The fourth-order valence-electron chi connectivity index (χ4n) is 1.90. The van der Waals surface area contributed by atoms with E-state index in [4.69, 9.17) is 4.74 Å². The number of hydrazine groups is 1. The summed E-state index contributed by atoms with van der Waals surface area (Å²) in [6, 6.07) is 7.98. The molecule has 9 heteroatoms. The smallest absolute Gasteiger partial charge is 0.279 e. The molecule has 2 aromatic rings. The molecule has 0 aliphatic carbocycles. The van der Waals surface area contributed by atoms with Crippen molar-refractivity contribution in [2.75, 3.05) is 11.9 Å². The number of nitrogens with one attached hydrogen (secondary N) is 3. The molecule has 1 aliphatic heterocycles. The lowest BCUT2D eigenvalue weighted by Crippen LogP contribution is -2.41. The second kappa shape index (κ2) is 6.39. The van der Waals surface area contributed by atoms with Crippen molar-refractivity contribution in [1.82, 2.24) is 10.9 Å². The van der Waals surface area contributed by atoms with E-state index in [0.717, 1.165) is 3.79 Å². The largest absolute Gasteiger partial charge is 0.482 e. The Morgan fingerprint density at radius 3 is 2.70 bits per heavy atom. The highest BCUT2D eigenvalue weighted by molar-refractivity contribution is 9.11. The fourth-order valence-corrected chi connectivity index (χ4v) is 3.18. The van der Waals surface area contributed by atoms with Gasteiger partial charge < -0.3 is 10.1 Å². The standard InChI is InChI=1S/C14H10BrN3O4S/c15-11-4-3-10(23-11)14(21)18-17-13(20)7-1-2-8-9(5-7)22-6-12(19)16-8/h1-5H,6H2,(H,16,19)(H,17,20)(H,18,21). The van der Waals surface area contributed by atoms with Gasteiger partial charge in [-0.1, -0.05) is 0 Å². The molecule has 3 amide bonds. The number of benzene rings is 1. The lowest BCUT2D eigenvalue weighted by Gasteiger charge is -2.18. The van der Waals surface area contributed by atoms with Crippen LogP contribution in [-0.2, 0) is 4.79 Å². The molecule has 0 unspecified atom stereocenters. The molecule has 0 saturated carbocycles. The Balaban J connectivity index is 1.64. The predicted octanol–water partition coefficient (Wildman–Crippen LogP) is 1.92. The Kier molecular flexibility index (Phi) is 4.30. The first-order chi connectivity index (χ1) is 11.0. The minimum Gasteiger partial charge on any atom is -0.482 e. The molecule has 3 N–H and O–H groups in total. The summed E-state index contributed by atoms with van der Waals surface area (Å²) in [5.41, 5.74) is 5.47. The van der Waals surface area contributed by atoms with Crippen LogP contribution < -0.4 is 20.9 Å². The maximum atomic E-state index is 12.1. The average molecular weight is 396 g/mol. The number of hydrogen-bond acceptors (Lipinski definition) is 5. The summed E-state index contributed by atoms with van der Waals surface area (Å²) in [6.07, 6.45) is 0. The van der Waals surface area contributed by atoms with E-state index in [-0.39, 0.29) is 12.5 Å². The second-order valence-electron chi connectivity index (χ2n) is 4.56. The van der Waals surface area contributed by atoms with Gasteiger partial charge in [-0.25, -0.2) is 0 Å². The van der Waals surface area contributed by atoms with Crippen LogP contribution in [0.3, 0.4) is 0 Å². The van der Waals surface area contributed by atoms with Crippen molar-refractivity contribution in [3.05, 3.63) is 44.6 Å². The van der Waals surface area contributed by atoms with Gasteiger partial charge in [-0.2, -0.15) is 0 Å². The molecule has 2 heterocycles. The van der Waals surface area contributed by atoms with Gasteiger partial charge in [-0.05, 0) is 46.3 Å². The zero-order chi connectivity index (χ0) is 16.4. The minimum absolute atomic E-state index is 0.0952. The van der Waals surface area contributed by atoms with Crippen LogP contribution in [0.2, 0.25) is 0 Å². The van der Waals surface area contributed by atoms with Crippen LogP contribution in [0.1, 0.15) is 20.0 Å². The third kappa shape index (κ3) is 3.51. The number of ether oxygens (including phenoxy) is 1. The molecule has 0 bridgehead atoms. The third-order valence-electron chi connectivity index (χ3n) is 2.96. The monoisotopic (exact) mass is 395 g/mol. The first kappa shape index (κ1) is 15.5. The number of amides is 3. The van der Waals surface area contributed by atoms with Gasteiger partial charge in [0.2, 0.25) is 0 Å². The molecule has 3 rings (SSSR count). The van der Waals surface area contributed by atoms with E-state index in [0.29, 0.717) is 21.9 Å². The van der Waals surface area contributed by atoms with Crippen LogP contribution in [0.5, 0.6) is 5.75 Å². The Labute approximate surface area is 143 Å². The van der Waals surface area contributed by atoms with E-state index in [1.807, 2.05) is 0 Å². The van der Waals surface area contributed by atoms with Gasteiger partial charge >= 0.3 is 0 Å². The fraction of sp³-hybridized carbons (Fsp3) is 0.0714. The quantitative estimate of drug-likeness (QED) is 0.676. The van der Waals surface area contributed by atoms with Crippen LogP contribution in [-0.4, -0.2) is 24.3 Å². The van der Waals surface area contributed by atoms with E-state index < -0.39 is 11.8 Å². The molecule has 1 aliphatic rings. The van der Waals surface area contributed by atoms with Gasteiger partial charge in [0.25, 0.3) is 17.7 Å². The Morgan fingerprint density at radius 1 is 1.17 bits per heavy atom. The molecule has 0 atom stereocenters. The number of carbonyl (C=O) groups excluding carboxylic acids is 3. The number of hydrogen-bond donors (Lipinski definition) is 3. The van der Waals surface area contributed by atoms with E-state index in [1.165, 1.54) is 23.5 Å². The molecule has 1 aromatic heterocycles. The molecule has 0 fully saturated rings. The summed E-state index contributed by atoms with van der Waals surface area (Å²) in [6.45, 7) is -0.0952. The van der Waals surface area contributed by atoms with Gasteiger partial charge in [-0.15, -0.1) is 11.3 Å². The van der Waals surface area contributed by atoms with Crippen LogP contribution in [0.15, 0.2) is 34.1 Å². The lowest BCUT2D eigenvalue weighted by atomic mass is 10.1. The van der Waals surface area contributed by atoms with E-state index >= 15 is 0 Å². The number of anilines is 1. The molecular weight excluding hydrogens is 386 g/mol. The maximum Gasteiger partial charge on any atom is 0.279 e. The summed E-state index contributed by atoms with van der Waals surface area (Å²) in [5.74, 6) is -0.734. The molecule has 0 saturated heterocycles. The number of fused-ring (bicyclic) bond motifs is 1. The van der Waals surface area contributed by atoms with Crippen molar-refractivity contribution in [2.45, 2.75) is 0 Å². The molecule has 1 aromatic carbocycles. The van der Waals surface area contributed by atoms with Crippen molar-refractivity contribution in [2.24, 2.45) is 0 Å². The number of rotatable bonds is 2. The summed E-state index contributed by atoms with van der Waals surface area (Å²) < 4.78 is 6.06.